The number of guanidine groups is 1. The molecule has 0 atom stereocenters. The van der Waals surface area contributed by atoms with Gasteiger partial charge in [0, 0.05) is 58.3 Å². The highest BCUT2D eigenvalue weighted by molar-refractivity contribution is 14.0. The molecule has 0 bridgehead atoms. The molecule has 0 aliphatic carbocycles. The van der Waals surface area contributed by atoms with Crippen LogP contribution in [0.4, 0.5) is 0 Å². The van der Waals surface area contributed by atoms with Crippen molar-refractivity contribution in [1.29, 1.82) is 0 Å². The number of methoxy groups -OCH3 is 1. The molecule has 1 aliphatic heterocycles. The Labute approximate surface area is 185 Å². The molecule has 3 heterocycles. The molecule has 28 heavy (non-hydrogen) atoms. The summed E-state index contributed by atoms with van der Waals surface area (Å²) in [6.45, 7) is 6.98. The van der Waals surface area contributed by atoms with Crippen LogP contribution < -0.4 is 10.6 Å². The fourth-order valence-corrected chi connectivity index (χ4v) is 3.58. The van der Waals surface area contributed by atoms with Crippen molar-refractivity contribution in [2.75, 3.05) is 40.4 Å². The minimum Gasteiger partial charge on any atom is -0.385 e. The highest BCUT2D eigenvalue weighted by Gasteiger charge is 2.19. The Kier molecular flexibility index (Phi) is 9.46. The molecule has 2 N–H and O–H groups in total. The lowest BCUT2D eigenvalue weighted by Gasteiger charge is -2.33. The highest BCUT2D eigenvalue weighted by Crippen LogP contribution is 2.11. The van der Waals surface area contributed by atoms with Crippen LogP contribution in [0.5, 0.6) is 0 Å². The van der Waals surface area contributed by atoms with Gasteiger partial charge in [-0.15, -0.1) is 24.0 Å². The Morgan fingerprint density at radius 3 is 2.79 bits per heavy atom. The minimum atomic E-state index is 0. The molecular weight excluding hydrogens is 467 g/mol. The topological polar surface area (TPSA) is 66.2 Å². The van der Waals surface area contributed by atoms with E-state index >= 15 is 0 Å². The molecule has 3 rings (SSSR count). The van der Waals surface area contributed by atoms with Gasteiger partial charge in [-0.25, -0.2) is 4.98 Å². The van der Waals surface area contributed by atoms with Crippen molar-refractivity contribution in [2.45, 2.75) is 38.8 Å². The van der Waals surface area contributed by atoms with E-state index in [1.54, 1.807) is 7.11 Å². The minimum absolute atomic E-state index is 0. The van der Waals surface area contributed by atoms with Gasteiger partial charge in [0.2, 0.25) is 0 Å². The van der Waals surface area contributed by atoms with Crippen molar-refractivity contribution < 1.29 is 4.74 Å². The number of halogens is 1. The lowest BCUT2D eigenvalue weighted by Crippen LogP contribution is -2.48. The quantitative estimate of drug-likeness (QED) is 0.265. The maximum absolute atomic E-state index is 5.14. The van der Waals surface area contributed by atoms with Crippen LogP contribution in [0.25, 0.3) is 5.65 Å². The van der Waals surface area contributed by atoms with Crippen LogP contribution in [0.1, 0.15) is 30.7 Å². The van der Waals surface area contributed by atoms with Gasteiger partial charge in [-0.05, 0) is 38.3 Å². The molecule has 0 spiro atoms. The van der Waals surface area contributed by atoms with Crippen LogP contribution in [0.3, 0.4) is 0 Å². The lowest BCUT2D eigenvalue weighted by atomic mass is 10.1. The smallest absolute Gasteiger partial charge is 0.191 e. The molecule has 0 radical (unpaired) electrons. The normalized spacial score (nSPS) is 16.2. The second-order valence-corrected chi connectivity index (χ2v) is 7.16. The standard InChI is InChI=1S/C20H32N6O.HI/c1-16-6-4-7-19-23-18(15-26(16)19)14-22-20(21-2)24-17-8-11-25(12-9-17)10-5-13-27-3;/h4,6-7,15,17H,5,8-14H2,1-3H3,(H2,21,22,24);1H. The third kappa shape index (κ3) is 6.31. The summed E-state index contributed by atoms with van der Waals surface area (Å²) in [4.78, 5) is 11.6. The van der Waals surface area contributed by atoms with Crippen molar-refractivity contribution in [1.82, 2.24) is 24.9 Å². The zero-order valence-electron chi connectivity index (χ0n) is 17.1. The Hall–Kier alpha value is -1.39. The Bertz CT molecular complexity index is 754. The van der Waals surface area contributed by atoms with E-state index in [2.05, 4.69) is 49.1 Å². The first-order valence-corrected chi connectivity index (χ1v) is 9.81. The number of nitrogens with one attached hydrogen (secondary N) is 2. The largest absolute Gasteiger partial charge is 0.385 e. The van der Waals surface area contributed by atoms with E-state index in [-0.39, 0.29) is 24.0 Å². The number of fused-ring (bicyclic) bond motifs is 1. The van der Waals surface area contributed by atoms with E-state index < -0.39 is 0 Å². The molecule has 0 aromatic carbocycles. The van der Waals surface area contributed by atoms with Gasteiger partial charge in [0.1, 0.15) is 5.65 Å². The third-order valence-corrected chi connectivity index (χ3v) is 5.16. The Morgan fingerprint density at radius 1 is 1.32 bits per heavy atom. The average molecular weight is 500 g/mol. The molecule has 1 fully saturated rings. The van der Waals surface area contributed by atoms with Crippen molar-refractivity contribution in [3.8, 4) is 0 Å². The summed E-state index contributed by atoms with van der Waals surface area (Å²) >= 11 is 0. The molecule has 0 saturated carbocycles. The number of nitrogens with zero attached hydrogens (tertiary/aromatic N) is 4. The van der Waals surface area contributed by atoms with E-state index in [0.717, 1.165) is 62.8 Å². The van der Waals surface area contributed by atoms with E-state index in [9.17, 15) is 0 Å². The fraction of sp³-hybridized carbons (Fsp3) is 0.600. The fourth-order valence-electron chi connectivity index (χ4n) is 3.58. The monoisotopic (exact) mass is 500 g/mol. The SMILES string of the molecule is CN=C(NCc1cn2c(C)cccc2n1)NC1CCN(CCCOC)CC1.I. The van der Waals surface area contributed by atoms with Crippen LogP contribution in [0, 0.1) is 6.92 Å². The van der Waals surface area contributed by atoms with E-state index in [1.165, 1.54) is 5.69 Å². The second kappa shape index (κ2) is 11.6. The van der Waals surface area contributed by atoms with Crippen molar-refractivity contribution >= 4 is 35.6 Å². The predicted molar refractivity (Wildman–Crippen MR) is 125 cm³/mol. The summed E-state index contributed by atoms with van der Waals surface area (Å²) in [5.41, 5.74) is 3.18. The summed E-state index contributed by atoms with van der Waals surface area (Å²) in [5, 5.41) is 6.96. The van der Waals surface area contributed by atoms with E-state index in [0.29, 0.717) is 12.6 Å². The summed E-state index contributed by atoms with van der Waals surface area (Å²) in [6, 6.07) is 6.63. The van der Waals surface area contributed by atoms with E-state index in [4.69, 9.17) is 4.74 Å². The van der Waals surface area contributed by atoms with Gasteiger partial charge in [-0.3, -0.25) is 4.99 Å². The van der Waals surface area contributed by atoms with Gasteiger partial charge in [-0.1, -0.05) is 6.07 Å². The van der Waals surface area contributed by atoms with Crippen LogP contribution in [-0.2, 0) is 11.3 Å². The number of hydrogen-bond donors (Lipinski definition) is 2. The summed E-state index contributed by atoms with van der Waals surface area (Å²) in [7, 11) is 3.59. The molecule has 7 nitrogen and oxygen atoms in total. The molecular formula is C20H33IN6O. The zero-order valence-corrected chi connectivity index (χ0v) is 19.5. The summed E-state index contributed by atoms with van der Waals surface area (Å²) < 4.78 is 7.26. The van der Waals surface area contributed by atoms with Crippen molar-refractivity contribution in [3.05, 3.63) is 35.8 Å². The first kappa shape index (κ1) is 22.9. The number of pyridine rings is 1. The maximum atomic E-state index is 5.14. The van der Waals surface area contributed by atoms with Crippen molar-refractivity contribution in [2.24, 2.45) is 4.99 Å². The number of piperidine rings is 1. The number of rotatable bonds is 7. The number of aromatic nitrogens is 2. The van der Waals surface area contributed by atoms with E-state index in [1.807, 2.05) is 19.2 Å². The molecule has 8 heteroatoms. The molecule has 1 saturated heterocycles. The number of hydrogen-bond acceptors (Lipinski definition) is 4. The summed E-state index contributed by atoms with van der Waals surface area (Å²) in [6.07, 6.45) is 5.47. The predicted octanol–water partition coefficient (Wildman–Crippen LogP) is 2.43. The molecule has 0 amide bonds. The molecule has 2 aromatic heterocycles. The van der Waals surface area contributed by atoms with Crippen LogP contribution in [0.2, 0.25) is 0 Å². The third-order valence-electron chi connectivity index (χ3n) is 5.16. The van der Waals surface area contributed by atoms with Crippen LogP contribution in [-0.4, -0.2) is 66.7 Å². The number of imidazole rings is 1. The average Bonchev–Trinajstić information content (AvgIpc) is 3.11. The molecule has 2 aromatic rings. The molecule has 0 unspecified atom stereocenters. The van der Waals surface area contributed by atoms with Gasteiger partial charge in [0.15, 0.2) is 5.96 Å². The Morgan fingerprint density at radius 2 is 2.11 bits per heavy atom. The van der Waals surface area contributed by atoms with Gasteiger partial charge in [0.25, 0.3) is 0 Å². The molecule has 156 valence electrons. The number of likely N-dealkylation sites (tertiary alicyclic amines) is 1. The number of ether oxygens (including phenoxy) is 1. The first-order valence-electron chi connectivity index (χ1n) is 9.81. The van der Waals surface area contributed by atoms with Gasteiger partial charge in [-0.2, -0.15) is 0 Å². The van der Waals surface area contributed by atoms with Gasteiger partial charge in [0.05, 0.1) is 12.2 Å². The second-order valence-electron chi connectivity index (χ2n) is 7.16. The zero-order chi connectivity index (χ0) is 19.1. The van der Waals surface area contributed by atoms with Gasteiger partial charge < -0.3 is 24.7 Å². The molecule has 1 aliphatic rings. The van der Waals surface area contributed by atoms with Crippen LogP contribution >= 0.6 is 24.0 Å². The number of aliphatic imine (C=N–C) groups is 1. The lowest BCUT2D eigenvalue weighted by molar-refractivity contribution is 0.155. The van der Waals surface area contributed by atoms with Gasteiger partial charge >= 0.3 is 0 Å². The number of aryl methyl sites for hydroxylation is 1. The Balaban J connectivity index is 0.00000280. The van der Waals surface area contributed by atoms with Crippen molar-refractivity contribution in [3.63, 3.8) is 0 Å². The maximum Gasteiger partial charge on any atom is 0.191 e. The van der Waals surface area contributed by atoms with Crippen LogP contribution in [0.15, 0.2) is 29.4 Å². The summed E-state index contributed by atoms with van der Waals surface area (Å²) in [5.74, 6) is 0.849. The first-order chi connectivity index (χ1) is 13.2. The highest BCUT2D eigenvalue weighted by atomic mass is 127.